The molecule has 0 aromatic heterocycles. The number of rotatable bonds is 6. The molecule has 90 valence electrons. The number of hydrogen-bond donors (Lipinski definition) is 1. The molecule has 3 heteroatoms. The van der Waals surface area contributed by atoms with Crippen molar-refractivity contribution in [2.75, 3.05) is 13.7 Å². The Labute approximate surface area is 103 Å². The van der Waals surface area contributed by atoms with Gasteiger partial charge in [-0.2, -0.15) is 0 Å². The van der Waals surface area contributed by atoms with E-state index in [1.807, 2.05) is 25.2 Å². The molecule has 0 saturated heterocycles. The van der Waals surface area contributed by atoms with Gasteiger partial charge in [-0.05, 0) is 25.5 Å². The standard InChI is InChI=1S/C13H20ClNO/c1-10(2)7-8-16-13-11(9-15-3)5-4-6-12(13)14/h4-6,10,15H,7-9H2,1-3H3. The third-order valence-electron chi connectivity index (χ3n) is 2.36. The van der Waals surface area contributed by atoms with E-state index < -0.39 is 0 Å². The van der Waals surface area contributed by atoms with Gasteiger partial charge in [0.05, 0.1) is 11.6 Å². The van der Waals surface area contributed by atoms with E-state index in [-0.39, 0.29) is 0 Å². The van der Waals surface area contributed by atoms with Crippen LogP contribution in [0, 0.1) is 5.92 Å². The lowest BCUT2D eigenvalue weighted by Gasteiger charge is -2.13. The number of nitrogens with one attached hydrogen (secondary N) is 1. The summed E-state index contributed by atoms with van der Waals surface area (Å²) in [5.41, 5.74) is 1.11. The van der Waals surface area contributed by atoms with Crippen LogP contribution < -0.4 is 10.1 Å². The lowest BCUT2D eigenvalue weighted by molar-refractivity contribution is 0.286. The van der Waals surface area contributed by atoms with Crippen LogP contribution in [0.25, 0.3) is 0 Å². The molecule has 0 atom stereocenters. The fourth-order valence-electron chi connectivity index (χ4n) is 1.44. The van der Waals surface area contributed by atoms with Crippen molar-refractivity contribution in [1.29, 1.82) is 0 Å². The number of halogens is 1. The van der Waals surface area contributed by atoms with Gasteiger partial charge in [-0.1, -0.05) is 37.6 Å². The lowest BCUT2D eigenvalue weighted by Crippen LogP contribution is -2.09. The molecular formula is C13H20ClNO. The highest BCUT2D eigenvalue weighted by atomic mass is 35.5. The number of ether oxygens (including phenoxy) is 1. The smallest absolute Gasteiger partial charge is 0.142 e. The second-order valence-electron chi connectivity index (χ2n) is 4.29. The molecule has 2 nitrogen and oxygen atoms in total. The molecule has 1 aromatic rings. The van der Waals surface area contributed by atoms with Crippen LogP contribution in [0.4, 0.5) is 0 Å². The van der Waals surface area contributed by atoms with Gasteiger partial charge < -0.3 is 10.1 Å². The predicted molar refractivity (Wildman–Crippen MR) is 69.2 cm³/mol. The Morgan fingerprint density at radius 1 is 1.38 bits per heavy atom. The van der Waals surface area contributed by atoms with Crippen molar-refractivity contribution in [3.8, 4) is 5.75 Å². The zero-order valence-corrected chi connectivity index (χ0v) is 11.0. The van der Waals surface area contributed by atoms with E-state index in [0.717, 1.165) is 30.9 Å². The first-order valence-corrected chi connectivity index (χ1v) is 6.07. The average molecular weight is 242 g/mol. The van der Waals surface area contributed by atoms with Gasteiger partial charge in [-0.25, -0.2) is 0 Å². The summed E-state index contributed by atoms with van der Waals surface area (Å²) >= 11 is 6.13. The van der Waals surface area contributed by atoms with Crippen molar-refractivity contribution in [3.63, 3.8) is 0 Å². The first-order valence-electron chi connectivity index (χ1n) is 5.70. The number of hydrogen-bond acceptors (Lipinski definition) is 2. The van der Waals surface area contributed by atoms with E-state index in [0.29, 0.717) is 10.9 Å². The molecule has 0 aliphatic carbocycles. The molecule has 0 aliphatic rings. The van der Waals surface area contributed by atoms with Crippen LogP contribution in [0.2, 0.25) is 5.02 Å². The summed E-state index contributed by atoms with van der Waals surface area (Å²) in [7, 11) is 1.92. The minimum atomic E-state index is 0.648. The molecule has 1 rings (SSSR count). The van der Waals surface area contributed by atoms with Crippen molar-refractivity contribution in [2.45, 2.75) is 26.8 Å². The zero-order valence-electron chi connectivity index (χ0n) is 10.2. The SMILES string of the molecule is CNCc1cccc(Cl)c1OCCC(C)C. The van der Waals surface area contributed by atoms with Gasteiger partial charge in [0.1, 0.15) is 5.75 Å². The Bertz CT molecular complexity index is 326. The average Bonchev–Trinajstić information content (AvgIpc) is 2.22. The molecule has 0 bridgehead atoms. The van der Waals surface area contributed by atoms with Crippen LogP contribution in [0.3, 0.4) is 0 Å². The van der Waals surface area contributed by atoms with E-state index in [1.54, 1.807) is 0 Å². The second-order valence-corrected chi connectivity index (χ2v) is 4.70. The highest BCUT2D eigenvalue weighted by molar-refractivity contribution is 6.32. The maximum Gasteiger partial charge on any atom is 0.142 e. The first kappa shape index (κ1) is 13.3. The minimum Gasteiger partial charge on any atom is -0.492 e. The minimum absolute atomic E-state index is 0.648. The summed E-state index contributed by atoms with van der Waals surface area (Å²) in [5.74, 6) is 1.47. The predicted octanol–water partition coefficient (Wildman–Crippen LogP) is 3.48. The molecule has 0 radical (unpaired) electrons. The lowest BCUT2D eigenvalue weighted by atomic mass is 10.1. The van der Waals surface area contributed by atoms with Gasteiger partial charge >= 0.3 is 0 Å². The van der Waals surface area contributed by atoms with Crippen LogP contribution in [0.1, 0.15) is 25.8 Å². The van der Waals surface area contributed by atoms with E-state index in [4.69, 9.17) is 16.3 Å². The fourth-order valence-corrected chi connectivity index (χ4v) is 1.69. The zero-order chi connectivity index (χ0) is 12.0. The van der Waals surface area contributed by atoms with Crippen LogP contribution in [0.15, 0.2) is 18.2 Å². The number of benzene rings is 1. The van der Waals surface area contributed by atoms with Crippen LogP contribution in [-0.2, 0) is 6.54 Å². The summed E-state index contributed by atoms with van der Waals surface area (Å²) in [5, 5.41) is 3.80. The van der Waals surface area contributed by atoms with Crippen molar-refractivity contribution < 1.29 is 4.74 Å². The fraction of sp³-hybridized carbons (Fsp3) is 0.538. The molecule has 0 aliphatic heterocycles. The summed E-state index contributed by atoms with van der Waals surface area (Å²) in [6, 6.07) is 5.85. The highest BCUT2D eigenvalue weighted by Gasteiger charge is 2.07. The summed E-state index contributed by atoms with van der Waals surface area (Å²) < 4.78 is 5.76. The van der Waals surface area contributed by atoms with Crippen LogP contribution >= 0.6 is 11.6 Å². The van der Waals surface area contributed by atoms with Gasteiger partial charge in [0.2, 0.25) is 0 Å². The largest absolute Gasteiger partial charge is 0.492 e. The van der Waals surface area contributed by atoms with Crippen LogP contribution in [-0.4, -0.2) is 13.7 Å². The summed E-state index contributed by atoms with van der Waals surface area (Å²) in [4.78, 5) is 0. The van der Waals surface area contributed by atoms with E-state index in [1.165, 1.54) is 0 Å². The van der Waals surface area contributed by atoms with Gasteiger partial charge in [0.15, 0.2) is 0 Å². The molecule has 1 aromatic carbocycles. The van der Waals surface area contributed by atoms with Gasteiger partial charge in [0, 0.05) is 12.1 Å². The van der Waals surface area contributed by atoms with E-state index in [9.17, 15) is 0 Å². The molecule has 1 N–H and O–H groups in total. The van der Waals surface area contributed by atoms with Gasteiger partial charge in [-0.3, -0.25) is 0 Å². The van der Waals surface area contributed by atoms with Gasteiger partial charge in [-0.15, -0.1) is 0 Å². The van der Waals surface area contributed by atoms with Crippen molar-refractivity contribution in [2.24, 2.45) is 5.92 Å². The normalized spacial score (nSPS) is 10.8. The molecule has 0 unspecified atom stereocenters. The second kappa shape index (κ2) is 6.77. The maximum atomic E-state index is 6.13. The summed E-state index contributed by atoms with van der Waals surface area (Å²) in [6.45, 7) is 5.87. The highest BCUT2D eigenvalue weighted by Crippen LogP contribution is 2.28. The van der Waals surface area contributed by atoms with Crippen LogP contribution in [0.5, 0.6) is 5.75 Å². The third-order valence-corrected chi connectivity index (χ3v) is 2.65. The number of para-hydroxylation sites is 1. The first-order chi connectivity index (χ1) is 7.65. The third kappa shape index (κ3) is 4.03. The topological polar surface area (TPSA) is 21.3 Å². The molecule has 0 saturated carbocycles. The molecule has 0 heterocycles. The Hall–Kier alpha value is -0.730. The Kier molecular flexibility index (Phi) is 5.64. The van der Waals surface area contributed by atoms with Crippen molar-refractivity contribution >= 4 is 11.6 Å². The molecular weight excluding hydrogens is 222 g/mol. The molecule has 16 heavy (non-hydrogen) atoms. The molecule has 0 spiro atoms. The Morgan fingerprint density at radius 3 is 2.75 bits per heavy atom. The maximum absolute atomic E-state index is 6.13. The summed E-state index contributed by atoms with van der Waals surface area (Å²) in [6.07, 6.45) is 1.05. The monoisotopic (exact) mass is 241 g/mol. The Balaban J connectivity index is 2.68. The van der Waals surface area contributed by atoms with Crippen molar-refractivity contribution in [3.05, 3.63) is 28.8 Å². The quantitative estimate of drug-likeness (QED) is 0.823. The Morgan fingerprint density at radius 2 is 2.12 bits per heavy atom. The van der Waals surface area contributed by atoms with E-state index in [2.05, 4.69) is 19.2 Å². The van der Waals surface area contributed by atoms with Gasteiger partial charge in [0.25, 0.3) is 0 Å². The van der Waals surface area contributed by atoms with Crippen molar-refractivity contribution in [1.82, 2.24) is 5.32 Å². The molecule has 0 fully saturated rings. The van der Waals surface area contributed by atoms with E-state index >= 15 is 0 Å². The molecule has 0 amide bonds.